The van der Waals surface area contributed by atoms with Crippen molar-refractivity contribution in [2.75, 3.05) is 0 Å². The van der Waals surface area contributed by atoms with Gasteiger partial charge in [-0.1, -0.05) is 52.0 Å². The maximum Gasteiger partial charge on any atom is 0.0769 e. The molecular weight excluding hydrogens is 370 g/mol. The van der Waals surface area contributed by atoms with Gasteiger partial charge in [0.25, 0.3) is 0 Å². The van der Waals surface area contributed by atoms with E-state index in [-0.39, 0.29) is 0 Å². The molecule has 5 heteroatoms. The predicted molar refractivity (Wildman–Crippen MR) is 100 cm³/mol. The highest BCUT2D eigenvalue weighted by Crippen LogP contribution is 2.37. The Morgan fingerprint density at radius 3 is 2.52 bits per heavy atom. The fraction of sp³-hybridized carbons (Fsp3) is 0.111. The van der Waals surface area contributed by atoms with E-state index in [4.69, 9.17) is 0 Å². The number of benzene rings is 2. The van der Waals surface area contributed by atoms with Gasteiger partial charge in [-0.2, -0.15) is 5.10 Å². The second kappa shape index (κ2) is 7.15. The van der Waals surface area contributed by atoms with Gasteiger partial charge in [-0.3, -0.25) is 10.1 Å². The molecule has 23 heavy (non-hydrogen) atoms. The number of hydrogen-bond donors (Lipinski definition) is 1. The zero-order chi connectivity index (χ0) is 16.2. The summed E-state index contributed by atoms with van der Waals surface area (Å²) in [4.78, 5) is 6.94. The fourth-order valence-corrected chi connectivity index (χ4v) is 3.39. The molecule has 0 bridgehead atoms. The van der Waals surface area contributed by atoms with Crippen molar-refractivity contribution in [2.45, 2.75) is 23.6 Å². The number of hydrogen-bond acceptors (Lipinski definition) is 3. The molecule has 0 radical (unpaired) electrons. The molecular formula is C18H16BrN3S. The van der Waals surface area contributed by atoms with E-state index >= 15 is 0 Å². The largest absolute Gasteiger partial charge is 0.281 e. The van der Waals surface area contributed by atoms with Crippen molar-refractivity contribution < 1.29 is 0 Å². The van der Waals surface area contributed by atoms with Crippen LogP contribution in [0.25, 0.3) is 0 Å². The van der Waals surface area contributed by atoms with Gasteiger partial charge >= 0.3 is 0 Å². The van der Waals surface area contributed by atoms with Gasteiger partial charge in [-0.05, 0) is 43.7 Å². The zero-order valence-corrected chi connectivity index (χ0v) is 15.3. The van der Waals surface area contributed by atoms with E-state index in [9.17, 15) is 0 Å². The number of halogens is 1. The van der Waals surface area contributed by atoms with Crippen LogP contribution in [0.5, 0.6) is 0 Å². The summed E-state index contributed by atoms with van der Waals surface area (Å²) in [7, 11) is 0. The van der Waals surface area contributed by atoms with E-state index in [0.29, 0.717) is 0 Å². The van der Waals surface area contributed by atoms with Crippen LogP contribution in [0.2, 0.25) is 0 Å². The fourth-order valence-electron chi connectivity index (χ4n) is 2.14. The molecule has 3 nitrogen and oxygen atoms in total. The molecule has 0 saturated carbocycles. The average molecular weight is 386 g/mol. The quantitative estimate of drug-likeness (QED) is 0.585. The molecule has 1 N–H and O–H groups in total. The molecule has 3 aromatic rings. The van der Waals surface area contributed by atoms with Crippen LogP contribution in [-0.2, 0) is 0 Å². The Labute approximate surface area is 148 Å². The van der Waals surface area contributed by atoms with E-state index in [0.717, 1.165) is 36.9 Å². The van der Waals surface area contributed by atoms with Crippen molar-refractivity contribution in [3.63, 3.8) is 0 Å². The number of nitrogens with one attached hydrogen (secondary N) is 1. The highest BCUT2D eigenvalue weighted by molar-refractivity contribution is 9.10. The Balaban J connectivity index is 1.87. The Kier molecular flexibility index (Phi) is 4.98. The third-order valence-corrected chi connectivity index (χ3v) is 5.26. The van der Waals surface area contributed by atoms with Crippen LogP contribution in [0.1, 0.15) is 17.0 Å². The van der Waals surface area contributed by atoms with Crippen LogP contribution in [0, 0.1) is 13.8 Å². The molecule has 3 rings (SSSR count). The van der Waals surface area contributed by atoms with E-state index in [1.165, 1.54) is 0 Å². The van der Waals surface area contributed by atoms with Gasteiger partial charge in [0.15, 0.2) is 0 Å². The second-order valence-electron chi connectivity index (χ2n) is 5.14. The number of para-hydroxylation sites is 1. The lowest BCUT2D eigenvalue weighted by Crippen LogP contribution is -1.82. The number of aromatic nitrogens is 2. The first-order valence-electron chi connectivity index (χ1n) is 7.21. The molecule has 0 aliphatic carbocycles. The molecule has 2 aromatic carbocycles. The minimum Gasteiger partial charge on any atom is -0.281 e. The lowest BCUT2D eigenvalue weighted by atomic mass is 10.2. The molecule has 0 unspecified atom stereocenters. The molecule has 1 aromatic heterocycles. The lowest BCUT2D eigenvalue weighted by Gasteiger charge is -2.05. The van der Waals surface area contributed by atoms with Crippen LogP contribution in [0.4, 0.5) is 5.69 Å². The third kappa shape index (κ3) is 3.92. The van der Waals surface area contributed by atoms with Gasteiger partial charge in [-0.15, -0.1) is 0 Å². The van der Waals surface area contributed by atoms with Crippen molar-refractivity contribution in [2.24, 2.45) is 4.99 Å². The number of aliphatic imine (C=N–C) groups is 1. The Hall–Kier alpha value is -1.85. The van der Waals surface area contributed by atoms with Gasteiger partial charge in [0.05, 0.1) is 16.3 Å². The molecule has 0 aliphatic heterocycles. The van der Waals surface area contributed by atoms with Crippen molar-refractivity contribution in [3.8, 4) is 0 Å². The summed E-state index contributed by atoms with van der Waals surface area (Å²) in [5.41, 5.74) is 4.13. The molecule has 0 saturated heterocycles. The molecule has 0 spiro atoms. The Bertz CT molecular complexity index is 818. The lowest BCUT2D eigenvalue weighted by molar-refractivity contribution is 1.02. The van der Waals surface area contributed by atoms with Crippen molar-refractivity contribution in [1.82, 2.24) is 10.2 Å². The monoisotopic (exact) mass is 385 g/mol. The molecule has 116 valence electrons. The Morgan fingerprint density at radius 1 is 1.09 bits per heavy atom. The van der Waals surface area contributed by atoms with Crippen LogP contribution in [-0.4, -0.2) is 16.4 Å². The summed E-state index contributed by atoms with van der Waals surface area (Å²) in [5.74, 6) is 0. The molecule has 0 aliphatic rings. The molecule has 1 heterocycles. The maximum atomic E-state index is 4.65. The molecule has 0 amide bonds. The van der Waals surface area contributed by atoms with Crippen LogP contribution >= 0.6 is 27.7 Å². The average Bonchev–Trinajstić information content (AvgIpc) is 2.87. The summed E-state index contributed by atoms with van der Waals surface area (Å²) in [6.45, 7) is 4.05. The normalized spacial score (nSPS) is 11.3. The van der Waals surface area contributed by atoms with Gasteiger partial charge < -0.3 is 0 Å². The number of H-pyrrole nitrogens is 1. The Morgan fingerprint density at radius 2 is 1.83 bits per heavy atom. The summed E-state index contributed by atoms with van der Waals surface area (Å²) in [5, 5.41) is 7.28. The van der Waals surface area contributed by atoms with Crippen LogP contribution in [0.15, 0.2) is 67.8 Å². The molecule has 0 fully saturated rings. The summed E-state index contributed by atoms with van der Waals surface area (Å²) in [6.07, 6.45) is 1.89. The number of aryl methyl sites for hydroxylation is 2. The first-order valence-corrected chi connectivity index (χ1v) is 8.82. The SMILES string of the molecule is Cc1n[nH]c(C)c1Sc1ccccc1N=Cc1ccc(Br)cc1. The summed E-state index contributed by atoms with van der Waals surface area (Å²) in [6, 6.07) is 16.3. The van der Waals surface area contributed by atoms with Gasteiger partial charge in [-0.25, -0.2) is 0 Å². The smallest absolute Gasteiger partial charge is 0.0769 e. The van der Waals surface area contributed by atoms with E-state index in [1.807, 2.05) is 62.5 Å². The van der Waals surface area contributed by atoms with E-state index < -0.39 is 0 Å². The van der Waals surface area contributed by atoms with Crippen molar-refractivity contribution >= 4 is 39.6 Å². The summed E-state index contributed by atoms with van der Waals surface area (Å²) >= 11 is 5.14. The topological polar surface area (TPSA) is 41.0 Å². The van der Waals surface area contributed by atoms with Crippen molar-refractivity contribution in [1.29, 1.82) is 0 Å². The minimum atomic E-state index is 0.959. The van der Waals surface area contributed by atoms with E-state index in [2.05, 4.69) is 37.2 Å². The number of nitrogens with zero attached hydrogens (tertiary/aromatic N) is 2. The van der Waals surface area contributed by atoms with Crippen LogP contribution < -0.4 is 0 Å². The molecule has 0 atom stereocenters. The zero-order valence-electron chi connectivity index (χ0n) is 12.9. The van der Waals surface area contributed by atoms with Crippen LogP contribution in [0.3, 0.4) is 0 Å². The van der Waals surface area contributed by atoms with E-state index in [1.54, 1.807) is 11.8 Å². The van der Waals surface area contributed by atoms with Gasteiger partial charge in [0.1, 0.15) is 0 Å². The minimum absolute atomic E-state index is 0.959. The number of rotatable bonds is 4. The third-order valence-electron chi connectivity index (χ3n) is 3.36. The number of aromatic amines is 1. The first-order chi connectivity index (χ1) is 11.1. The van der Waals surface area contributed by atoms with Gasteiger partial charge in [0.2, 0.25) is 0 Å². The first kappa shape index (κ1) is 16.0. The highest BCUT2D eigenvalue weighted by Gasteiger charge is 2.10. The highest BCUT2D eigenvalue weighted by atomic mass is 79.9. The van der Waals surface area contributed by atoms with Gasteiger partial charge in [0, 0.05) is 21.3 Å². The summed E-state index contributed by atoms with van der Waals surface area (Å²) < 4.78 is 1.07. The van der Waals surface area contributed by atoms with Crippen molar-refractivity contribution in [3.05, 3.63) is 70.0 Å². The predicted octanol–water partition coefficient (Wildman–Crippen LogP) is 5.69. The second-order valence-corrected chi connectivity index (χ2v) is 7.11. The maximum absolute atomic E-state index is 4.65. The standard InChI is InChI=1S/C18H16BrN3S/c1-12-18(13(2)22-21-12)23-17-6-4-3-5-16(17)20-11-14-7-9-15(19)10-8-14/h3-11H,1-2H3,(H,21,22).